The topological polar surface area (TPSA) is 13.1 Å². The minimum Gasteiger partial charge on any atom is -0.455 e. The zero-order valence-electron chi connectivity index (χ0n) is 25.6. The Labute approximate surface area is 271 Å². The van der Waals surface area contributed by atoms with Crippen LogP contribution < -0.4 is 0 Å². The lowest BCUT2D eigenvalue weighted by Gasteiger charge is -2.18. The monoisotopic (exact) mass is 596 g/mol. The molecular formula is C46H28O. The van der Waals surface area contributed by atoms with Crippen LogP contribution in [0.15, 0.2) is 174 Å². The van der Waals surface area contributed by atoms with Gasteiger partial charge in [-0.3, -0.25) is 0 Å². The van der Waals surface area contributed by atoms with Crippen LogP contribution in [0.1, 0.15) is 0 Å². The van der Waals surface area contributed by atoms with Gasteiger partial charge in [0.2, 0.25) is 0 Å². The van der Waals surface area contributed by atoms with Crippen molar-refractivity contribution in [2.45, 2.75) is 0 Å². The summed E-state index contributed by atoms with van der Waals surface area (Å²) in [6.45, 7) is 0. The molecule has 1 heteroatoms. The van der Waals surface area contributed by atoms with E-state index in [9.17, 15) is 0 Å². The average Bonchev–Trinajstić information content (AvgIpc) is 3.52. The molecule has 1 heterocycles. The summed E-state index contributed by atoms with van der Waals surface area (Å²) in [7, 11) is 0. The maximum atomic E-state index is 6.40. The lowest BCUT2D eigenvalue weighted by atomic mass is 9.85. The first-order chi connectivity index (χ1) is 23.3. The SMILES string of the molecule is c1ccc(-c2c3ccccc3c(-c3ccc4ccc(-c5cc6c7ccccc7oc6c6ccccc56)cc4c3)c3ccccc23)cc1. The molecule has 0 N–H and O–H groups in total. The number of rotatable bonds is 3. The van der Waals surface area contributed by atoms with Crippen LogP contribution in [0.4, 0.5) is 0 Å². The maximum Gasteiger partial charge on any atom is 0.143 e. The smallest absolute Gasteiger partial charge is 0.143 e. The molecule has 0 atom stereocenters. The maximum absolute atomic E-state index is 6.40. The molecule has 0 fully saturated rings. The van der Waals surface area contributed by atoms with Gasteiger partial charge in [0.25, 0.3) is 0 Å². The lowest BCUT2D eigenvalue weighted by Crippen LogP contribution is -1.91. The predicted octanol–water partition coefficient (Wildman–Crippen LogP) is 13.2. The van der Waals surface area contributed by atoms with Gasteiger partial charge in [0, 0.05) is 16.2 Å². The number of furan rings is 1. The largest absolute Gasteiger partial charge is 0.455 e. The highest BCUT2D eigenvalue weighted by molar-refractivity contribution is 6.22. The van der Waals surface area contributed by atoms with E-state index in [1.165, 1.54) is 71.1 Å². The van der Waals surface area contributed by atoms with E-state index in [-0.39, 0.29) is 0 Å². The molecule has 10 rings (SSSR count). The highest BCUT2D eigenvalue weighted by atomic mass is 16.3. The summed E-state index contributed by atoms with van der Waals surface area (Å²) in [5, 5.41) is 12.2. The summed E-state index contributed by atoms with van der Waals surface area (Å²) in [5.41, 5.74) is 9.32. The number of hydrogen-bond donors (Lipinski definition) is 0. The molecule has 0 aliphatic rings. The summed E-state index contributed by atoms with van der Waals surface area (Å²) in [6, 6.07) is 61.6. The predicted molar refractivity (Wildman–Crippen MR) is 200 cm³/mol. The van der Waals surface area contributed by atoms with E-state index in [1.54, 1.807) is 0 Å². The van der Waals surface area contributed by atoms with Crippen molar-refractivity contribution < 1.29 is 4.42 Å². The summed E-state index contributed by atoms with van der Waals surface area (Å²) in [4.78, 5) is 0. The minimum atomic E-state index is 0.922. The summed E-state index contributed by atoms with van der Waals surface area (Å²) < 4.78 is 6.40. The van der Waals surface area contributed by atoms with Gasteiger partial charge < -0.3 is 4.42 Å². The van der Waals surface area contributed by atoms with Crippen molar-refractivity contribution in [3.05, 3.63) is 170 Å². The quantitative estimate of drug-likeness (QED) is 0.185. The Kier molecular flexibility index (Phi) is 5.64. The van der Waals surface area contributed by atoms with Gasteiger partial charge in [-0.15, -0.1) is 0 Å². The molecular weight excluding hydrogens is 569 g/mol. The summed E-state index contributed by atoms with van der Waals surface area (Å²) >= 11 is 0. The molecule has 0 bridgehead atoms. The molecule has 10 aromatic rings. The standard InChI is InChI=1S/C46H28O/c1-2-12-30(13-3-1)44-36-16-5-7-18-38(36)45(39-19-8-6-17-37(39)44)32-25-23-29-22-24-31(26-33(29)27-32)41-28-42-35-15-10-11-21-43(35)47-46(42)40-20-9-4-14-34(40)41/h1-28H. The number of hydrogen-bond acceptors (Lipinski definition) is 1. The molecule has 0 amide bonds. The second-order valence-electron chi connectivity index (χ2n) is 12.4. The highest BCUT2D eigenvalue weighted by Gasteiger charge is 2.18. The lowest BCUT2D eigenvalue weighted by molar-refractivity contribution is 0.672. The molecule has 0 aliphatic carbocycles. The average molecular weight is 597 g/mol. The Balaban J connectivity index is 1.22. The normalized spacial score (nSPS) is 11.8. The van der Waals surface area contributed by atoms with E-state index in [4.69, 9.17) is 4.42 Å². The molecule has 9 aromatic carbocycles. The van der Waals surface area contributed by atoms with Gasteiger partial charge in [-0.25, -0.2) is 0 Å². The van der Waals surface area contributed by atoms with Crippen LogP contribution in [0.2, 0.25) is 0 Å². The van der Waals surface area contributed by atoms with Gasteiger partial charge in [-0.2, -0.15) is 0 Å². The van der Waals surface area contributed by atoms with Gasteiger partial charge in [0.1, 0.15) is 11.2 Å². The third kappa shape index (κ3) is 3.97. The molecule has 0 saturated heterocycles. The van der Waals surface area contributed by atoms with Crippen LogP contribution in [0, 0.1) is 0 Å². The van der Waals surface area contributed by atoms with Crippen LogP contribution in [0.5, 0.6) is 0 Å². The Hall–Kier alpha value is -6.18. The van der Waals surface area contributed by atoms with E-state index >= 15 is 0 Å². The van der Waals surface area contributed by atoms with Gasteiger partial charge >= 0.3 is 0 Å². The number of benzene rings is 9. The second-order valence-corrected chi connectivity index (χ2v) is 12.4. The number of fused-ring (bicyclic) bond motifs is 8. The van der Waals surface area contributed by atoms with Crippen molar-refractivity contribution in [2.24, 2.45) is 0 Å². The fourth-order valence-corrected chi connectivity index (χ4v) is 7.71. The number of para-hydroxylation sites is 1. The molecule has 0 aliphatic heterocycles. The van der Waals surface area contributed by atoms with Gasteiger partial charge in [0.15, 0.2) is 0 Å². The van der Waals surface area contributed by atoms with Crippen LogP contribution in [-0.4, -0.2) is 0 Å². The molecule has 47 heavy (non-hydrogen) atoms. The summed E-state index contributed by atoms with van der Waals surface area (Å²) in [6.07, 6.45) is 0. The van der Waals surface area contributed by atoms with Crippen molar-refractivity contribution in [3.63, 3.8) is 0 Å². The van der Waals surface area contributed by atoms with Crippen molar-refractivity contribution >= 4 is 65.0 Å². The summed E-state index contributed by atoms with van der Waals surface area (Å²) in [5.74, 6) is 0. The van der Waals surface area contributed by atoms with Crippen molar-refractivity contribution in [3.8, 4) is 33.4 Å². The molecule has 0 radical (unpaired) electrons. The first-order valence-corrected chi connectivity index (χ1v) is 16.2. The highest BCUT2D eigenvalue weighted by Crippen LogP contribution is 2.45. The van der Waals surface area contributed by atoms with Gasteiger partial charge in [0.05, 0.1) is 0 Å². The van der Waals surface area contributed by atoms with Crippen molar-refractivity contribution in [1.29, 1.82) is 0 Å². The van der Waals surface area contributed by atoms with E-state index in [2.05, 4.69) is 164 Å². The van der Waals surface area contributed by atoms with E-state index < -0.39 is 0 Å². The first-order valence-electron chi connectivity index (χ1n) is 16.2. The van der Waals surface area contributed by atoms with Gasteiger partial charge in [-0.05, 0) is 95.3 Å². The van der Waals surface area contributed by atoms with E-state index in [1.807, 2.05) is 6.07 Å². The zero-order valence-corrected chi connectivity index (χ0v) is 25.6. The molecule has 0 spiro atoms. The van der Waals surface area contributed by atoms with Gasteiger partial charge in [-0.1, -0.05) is 146 Å². The van der Waals surface area contributed by atoms with Crippen LogP contribution >= 0.6 is 0 Å². The Bertz CT molecular complexity index is 2780. The Morgan fingerprint density at radius 1 is 0.298 bits per heavy atom. The van der Waals surface area contributed by atoms with E-state index in [0.29, 0.717) is 0 Å². The van der Waals surface area contributed by atoms with Crippen LogP contribution in [0.3, 0.4) is 0 Å². The fourth-order valence-electron chi connectivity index (χ4n) is 7.71. The molecule has 0 unspecified atom stereocenters. The molecule has 0 saturated carbocycles. The van der Waals surface area contributed by atoms with Crippen LogP contribution in [0.25, 0.3) is 98.4 Å². The van der Waals surface area contributed by atoms with Crippen molar-refractivity contribution in [2.75, 3.05) is 0 Å². The third-order valence-electron chi connectivity index (χ3n) is 9.82. The zero-order chi connectivity index (χ0) is 30.9. The first kappa shape index (κ1) is 26.1. The second kappa shape index (κ2) is 10.2. The molecule has 1 aromatic heterocycles. The molecule has 1 nitrogen and oxygen atoms in total. The van der Waals surface area contributed by atoms with Crippen molar-refractivity contribution in [1.82, 2.24) is 0 Å². The Morgan fingerprint density at radius 3 is 1.49 bits per heavy atom. The Morgan fingerprint density at radius 2 is 0.809 bits per heavy atom. The fraction of sp³-hybridized carbons (Fsp3) is 0. The molecule has 218 valence electrons. The third-order valence-corrected chi connectivity index (χ3v) is 9.82. The van der Waals surface area contributed by atoms with Crippen LogP contribution in [-0.2, 0) is 0 Å². The van der Waals surface area contributed by atoms with E-state index in [0.717, 1.165) is 27.3 Å². The minimum absolute atomic E-state index is 0.922.